The number of carbonyl (C=O) groups excluding carboxylic acids is 1. The van der Waals surface area contributed by atoms with Crippen LogP contribution in [-0.2, 0) is 10.2 Å². The van der Waals surface area contributed by atoms with Crippen molar-refractivity contribution in [2.24, 2.45) is 0 Å². The number of benzene rings is 1. The summed E-state index contributed by atoms with van der Waals surface area (Å²) in [5, 5.41) is 7.39. The van der Waals surface area contributed by atoms with E-state index >= 15 is 0 Å². The zero-order chi connectivity index (χ0) is 15.4. The average Bonchev–Trinajstić information content (AvgIpc) is 2.56. The lowest BCUT2D eigenvalue weighted by molar-refractivity contribution is -0.129. The van der Waals surface area contributed by atoms with Crippen LogP contribution in [0, 0.1) is 0 Å². The minimum Gasteiger partial charge on any atom is -0.353 e. The molecule has 1 heterocycles. The van der Waals surface area contributed by atoms with Gasteiger partial charge in [-0.2, -0.15) is 0 Å². The Kier molecular flexibility index (Phi) is 5.04. The van der Waals surface area contributed by atoms with Crippen molar-refractivity contribution in [2.45, 2.75) is 56.4 Å². The largest absolute Gasteiger partial charge is 0.353 e. The van der Waals surface area contributed by atoms with Crippen LogP contribution in [0.5, 0.6) is 0 Å². The van der Waals surface area contributed by atoms with Gasteiger partial charge in [0.2, 0.25) is 5.91 Å². The van der Waals surface area contributed by atoms with E-state index in [4.69, 9.17) is 11.6 Å². The summed E-state index contributed by atoms with van der Waals surface area (Å²) in [6, 6.07) is 8.21. The van der Waals surface area contributed by atoms with Gasteiger partial charge in [-0.3, -0.25) is 4.79 Å². The monoisotopic (exact) mass is 320 g/mol. The van der Waals surface area contributed by atoms with E-state index in [0.29, 0.717) is 6.04 Å². The summed E-state index contributed by atoms with van der Waals surface area (Å²) in [6.45, 7) is 1.99. The SMILES string of the molecule is O=C(NC1CCNCC1)C1(c2cccc(Cl)c2)CCCCC1. The second-order valence-corrected chi connectivity index (χ2v) is 7.09. The van der Waals surface area contributed by atoms with Gasteiger partial charge in [0.1, 0.15) is 0 Å². The molecule has 1 saturated heterocycles. The van der Waals surface area contributed by atoms with Crippen LogP contribution in [0.15, 0.2) is 24.3 Å². The van der Waals surface area contributed by atoms with Gasteiger partial charge in [0.05, 0.1) is 5.41 Å². The van der Waals surface area contributed by atoms with E-state index in [1.807, 2.05) is 18.2 Å². The molecule has 1 amide bonds. The van der Waals surface area contributed by atoms with Crippen molar-refractivity contribution in [1.82, 2.24) is 10.6 Å². The van der Waals surface area contributed by atoms with E-state index in [1.165, 1.54) is 6.42 Å². The van der Waals surface area contributed by atoms with E-state index in [9.17, 15) is 4.79 Å². The maximum atomic E-state index is 13.1. The summed E-state index contributed by atoms with van der Waals surface area (Å²) in [6.07, 6.45) is 7.38. The number of halogens is 1. The first-order chi connectivity index (χ1) is 10.7. The smallest absolute Gasteiger partial charge is 0.230 e. The first-order valence-electron chi connectivity index (χ1n) is 8.48. The summed E-state index contributed by atoms with van der Waals surface area (Å²) in [4.78, 5) is 13.1. The van der Waals surface area contributed by atoms with Crippen LogP contribution in [0.1, 0.15) is 50.5 Å². The van der Waals surface area contributed by atoms with E-state index in [1.54, 1.807) is 0 Å². The van der Waals surface area contributed by atoms with Crippen LogP contribution in [0.2, 0.25) is 5.02 Å². The molecular formula is C18H25ClN2O. The highest BCUT2D eigenvalue weighted by atomic mass is 35.5. The van der Waals surface area contributed by atoms with Gasteiger partial charge in [0.15, 0.2) is 0 Å². The van der Waals surface area contributed by atoms with Crippen LogP contribution >= 0.6 is 11.6 Å². The molecule has 3 rings (SSSR count). The molecule has 1 saturated carbocycles. The fraction of sp³-hybridized carbons (Fsp3) is 0.611. The van der Waals surface area contributed by atoms with Crippen molar-refractivity contribution >= 4 is 17.5 Å². The molecule has 1 aromatic rings. The molecule has 22 heavy (non-hydrogen) atoms. The third-order valence-corrected chi connectivity index (χ3v) is 5.43. The van der Waals surface area contributed by atoms with Gasteiger partial charge < -0.3 is 10.6 Å². The average molecular weight is 321 g/mol. The summed E-state index contributed by atoms with van der Waals surface area (Å²) in [5.74, 6) is 0.210. The van der Waals surface area contributed by atoms with Crippen LogP contribution in [0.25, 0.3) is 0 Å². The number of nitrogens with one attached hydrogen (secondary N) is 2. The predicted octanol–water partition coefficient (Wildman–Crippen LogP) is 3.41. The van der Waals surface area contributed by atoms with Crippen molar-refractivity contribution in [3.63, 3.8) is 0 Å². The minimum atomic E-state index is -0.381. The number of piperidine rings is 1. The number of amides is 1. The third-order valence-electron chi connectivity index (χ3n) is 5.19. The Labute approximate surface area is 137 Å². The number of hydrogen-bond donors (Lipinski definition) is 2. The second kappa shape index (κ2) is 7.01. The van der Waals surface area contributed by atoms with E-state index < -0.39 is 0 Å². The Hall–Kier alpha value is -1.06. The Bertz CT molecular complexity index is 520. The highest BCUT2D eigenvalue weighted by Crippen LogP contribution is 2.40. The zero-order valence-corrected chi connectivity index (χ0v) is 13.8. The topological polar surface area (TPSA) is 41.1 Å². The van der Waals surface area contributed by atoms with E-state index in [0.717, 1.165) is 62.2 Å². The predicted molar refractivity (Wildman–Crippen MR) is 90.2 cm³/mol. The molecule has 1 aromatic carbocycles. The summed E-state index contributed by atoms with van der Waals surface area (Å²) in [5.41, 5.74) is 0.708. The van der Waals surface area contributed by atoms with Crippen molar-refractivity contribution in [3.05, 3.63) is 34.9 Å². The Morgan fingerprint density at radius 2 is 1.91 bits per heavy atom. The van der Waals surface area contributed by atoms with Gasteiger partial charge in [-0.05, 0) is 56.5 Å². The van der Waals surface area contributed by atoms with Gasteiger partial charge in [0, 0.05) is 11.1 Å². The number of hydrogen-bond acceptors (Lipinski definition) is 2. The third kappa shape index (κ3) is 3.31. The summed E-state index contributed by atoms with van der Waals surface area (Å²) in [7, 11) is 0. The maximum Gasteiger partial charge on any atom is 0.230 e. The molecule has 0 atom stereocenters. The fourth-order valence-corrected chi connectivity index (χ4v) is 4.07. The Morgan fingerprint density at radius 3 is 2.59 bits per heavy atom. The number of rotatable bonds is 3. The normalized spacial score (nSPS) is 22.2. The van der Waals surface area contributed by atoms with Gasteiger partial charge in [-0.1, -0.05) is 43.0 Å². The van der Waals surface area contributed by atoms with Crippen molar-refractivity contribution in [2.75, 3.05) is 13.1 Å². The van der Waals surface area contributed by atoms with Gasteiger partial charge in [0.25, 0.3) is 0 Å². The molecule has 0 spiro atoms. The van der Waals surface area contributed by atoms with E-state index in [2.05, 4.69) is 16.7 Å². The van der Waals surface area contributed by atoms with Crippen molar-refractivity contribution in [3.8, 4) is 0 Å². The summed E-state index contributed by atoms with van der Waals surface area (Å²) < 4.78 is 0. The minimum absolute atomic E-state index is 0.210. The molecule has 0 unspecified atom stereocenters. The molecule has 0 bridgehead atoms. The molecule has 0 radical (unpaired) electrons. The standard InChI is InChI=1S/C18H25ClN2O/c19-15-6-4-5-14(13-15)18(9-2-1-3-10-18)17(22)21-16-7-11-20-12-8-16/h4-6,13,16,20H,1-3,7-12H2,(H,21,22). The number of carbonyl (C=O) groups is 1. The molecule has 3 nitrogen and oxygen atoms in total. The molecule has 1 aliphatic carbocycles. The molecule has 2 aliphatic rings. The molecule has 2 N–H and O–H groups in total. The van der Waals surface area contributed by atoms with Gasteiger partial charge in [-0.15, -0.1) is 0 Å². The highest BCUT2D eigenvalue weighted by molar-refractivity contribution is 6.30. The van der Waals surface area contributed by atoms with Crippen LogP contribution in [0.4, 0.5) is 0 Å². The first-order valence-corrected chi connectivity index (χ1v) is 8.86. The Morgan fingerprint density at radius 1 is 1.18 bits per heavy atom. The molecule has 120 valence electrons. The summed E-state index contributed by atoms with van der Waals surface area (Å²) >= 11 is 6.18. The second-order valence-electron chi connectivity index (χ2n) is 6.65. The Balaban J connectivity index is 1.83. The first kappa shape index (κ1) is 15.8. The van der Waals surface area contributed by atoms with Crippen LogP contribution < -0.4 is 10.6 Å². The van der Waals surface area contributed by atoms with Crippen LogP contribution in [-0.4, -0.2) is 25.0 Å². The fourth-order valence-electron chi connectivity index (χ4n) is 3.88. The molecular weight excluding hydrogens is 296 g/mol. The lowest BCUT2D eigenvalue weighted by atomic mass is 9.68. The van der Waals surface area contributed by atoms with E-state index in [-0.39, 0.29) is 11.3 Å². The lowest BCUT2D eigenvalue weighted by Gasteiger charge is -2.38. The van der Waals surface area contributed by atoms with Crippen LogP contribution in [0.3, 0.4) is 0 Å². The maximum absolute atomic E-state index is 13.1. The molecule has 0 aromatic heterocycles. The van der Waals surface area contributed by atoms with Gasteiger partial charge >= 0.3 is 0 Å². The van der Waals surface area contributed by atoms with Gasteiger partial charge in [-0.25, -0.2) is 0 Å². The van der Waals surface area contributed by atoms with Crippen molar-refractivity contribution < 1.29 is 4.79 Å². The zero-order valence-electron chi connectivity index (χ0n) is 13.0. The molecule has 4 heteroatoms. The molecule has 1 aliphatic heterocycles. The highest BCUT2D eigenvalue weighted by Gasteiger charge is 2.41. The molecule has 2 fully saturated rings. The van der Waals surface area contributed by atoms with Crippen molar-refractivity contribution in [1.29, 1.82) is 0 Å². The lowest BCUT2D eigenvalue weighted by Crippen LogP contribution is -2.51. The quantitative estimate of drug-likeness (QED) is 0.896.